The van der Waals surface area contributed by atoms with E-state index in [0.717, 1.165) is 26.2 Å². The van der Waals surface area contributed by atoms with Gasteiger partial charge in [-0.05, 0) is 53.5 Å². The highest BCUT2D eigenvalue weighted by atomic mass is 79.9. The summed E-state index contributed by atoms with van der Waals surface area (Å²) in [5.74, 6) is 0.545. The van der Waals surface area contributed by atoms with E-state index in [9.17, 15) is 4.79 Å². The van der Waals surface area contributed by atoms with Crippen molar-refractivity contribution in [2.75, 3.05) is 5.75 Å². The molecule has 0 N–H and O–H groups in total. The van der Waals surface area contributed by atoms with E-state index >= 15 is 0 Å². The largest absolute Gasteiger partial charge is 0.293 e. The first-order chi connectivity index (χ1) is 9.08. The van der Waals surface area contributed by atoms with Gasteiger partial charge < -0.3 is 0 Å². The first-order valence-electron chi connectivity index (χ1n) is 5.91. The van der Waals surface area contributed by atoms with Crippen LogP contribution in [0.25, 0.3) is 0 Å². The third-order valence-electron chi connectivity index (χ3n) is 2.76. The molecule has 0 saturated heterocycles. The molecule has 0 fully saturated rings. The van der Waals surface area contributed by atoms with Gasteiger partial charge in [-0.3, -0.25) is 4.79 Å². The number of benzene rings is 1. The monoisotopic (exact) mass is 335 g/mol. The Kier molecular flexibility index (Phi) is 4.77. The molecule has 0 saturated carbocycles. The highest BCUT2D eigenvalue weighted by Gasteiger charge is 2.11. The van der Waals surface area contributed by atoms with Gasteiger partial charge in [-0.2, -0.15) is 0 Å². The first-order valence-corrected chi connectivity index (χ1v) is 7.69. The number of aryl methyl sites for hydroxylation is 2. The van der Waals surface area contributed by atoms with Gasteiger partial charge in [0.05, 0.1) is 5.75 Å². The van der Waals surface area contributed by atoms with Gasteiger partial charge in [0.25, 0.3) is 0 Å². The molecule has 0 aliphatic rings. The van der Waals surface area contributed by atoms with Crippen LogP contribution in [-0.2, 0) is 0 Å². The summed E-state index contributed by atoms with van der Waals surface area (Å²) in [6.07, 6.45) is 1.73. The van der Waals surface area contributed by atoms with Gasteiger partial charge in [0, 0.05) is 16.2 Å². The Morgan fingerprint density at radius 1 is 1.32 bits per heavy atom. The molecular weight excluding hydrogens is 322 g/mol. The fourth-order valence-corrected chi connectivity index (χ4v) is 3.09. The maximum Gasteiger partial charge on any atom is 0.173 e. The Morgan fingerprint density at radius 3 is 2.84 bits per heavy atom. The van der Waals surface area contributed by atoms with Crippen molar-refractivity contribution in [1.29, 1.82) is 0 Å². The van der Waals surface area contributed by atoms with Crippen LogP contribution < -0.4 is 0 Å². The predicted molar refractivity (Wildman–Crippen MR) is 82.9 cm³/mol. The lowest BCUT2D eigenvalue weighted by Gasteiger charge is -2.06. The molecular formula is C15H14BrNOS. The van der Waals surface area contributed by atoms with Crippen LogP contribution in [0, 0.1) is 13.8 Å². The van der Waals surface area contributed by atoms with Gasteiger partial charge in [0.1, 0.15) is 5.03 Å². The number of carbonyl (C=O) groups is 1. The van der Waals surface area contributed by atoms with Gasteiger partial charge >= 0.3 is 0 Å². The van der Waals surface area contributed by atoms with Crippen molar-refractivity contribution in [3.8, 4) is 0 Å². The lowest BCUT2D eigenvalue weighted by atomic mass is 10.0. The predicted octanol–water partition coefficient (Wildman–Crippen LogP) is 4.44. The zero-order valence-corrected chi connectivity index (χ0v) is 13.2. The summed E-state index contributed by atoms with van der Waals surface area (Å²) in [4.78, 5) is 16.5. The summed E-state index contributed by atoms with van der Waals surface area (Å²) >= 11 is 4.89. The number of nitrogens with zero attached hydrogens (tertiary/aromatic N) is 1. The van der Waals surface area contributed by atoms with Gasteiger partial charge in [-0.15, -0.1) is 0 Å². The molecule has 0 amide bonds. The summed E-state index contributed by atoms with van der Waals surface area (Å²) in [5, 5.41) is 0.848. The van der Waals surface area contributed by atoms with Crippen molar-refractivity contribution in [3.63, 3.8) is 0 Å². The molecule has 0 aliphatic heterocycles. The van der Waals surface area contributed by atoms with Crippen molar-refractivity contribution < 1.29 is 4.79 Å². The lowest BCUT2D eigenvalue weighted by molar-refractivity contribution is 0.102. The molecule has 0 radical (unpaired) electrons. The summed E-state index contributed by atoms with van der Waals surface area (Å²) in [6.45, 7) is 3.97. The van der Waals surface area contributed by atoms with Gasteiger partial charge in [-0.25, -0.2) is 4.98 Å². The molecule has 0 atom stereocenters. The highest BCUT2D eigenvalue weighted by molar-refractivity contribution is 9.10. The Hall–Kier alpha value is -1.13. The minimum atomic E-state index is 0.142. The van der Waals surface area contributed by atoms with E-state index in [4.69, 9.17) is 0 Å². The maximum absolute atomic E-state index is 12.2. The Morgan fingerprint density at radius 2 is 2.11 bits per heavy atom. The third kappa shape index (κ3) is 3.67. The number of pyridine rings is 1. The molecule has 0 spiro atoms. The first kappa shape index (κ1) is 14.3. The third-order valence-corrected chi connectivity index (χ3v) is 4.67. The fraction of sp³-hybridized carbons (Fsp3) is 0.200. The SMILES string of the molecule is Cc1ccc(C)c(C(=O)CSc2ncccc2Br)c1. The van der Waals surface area contributed by atoms with E-state index in [0.29, 0.717) is 5.75 Å². The van der Waals surface area contributed by atoms with Gasteiger partial charge in [-0.1, -0.05) is 29.5 Å². The van der Waals surface area contributed by atoms with Crippen molar-refractivity contribution >= 4 is 33.5 Å². The molecule has 1 aromatic heterocycles. The summed E-state index contributed by atoms with van der Waals surface area (Å²) in [7, 11) is 0. The van der Waals surface area contributed by atoms with E-state index in [1.165, 1.54) is 11.8 Å². The fourth-order valence-electron chi connectivity index (χ4n) is 1.73. The molecule has 0 aliphatic carbocycles. The average molecular weight is 336 g/mol. The number of ketones is 1. The van der Waals surface area contributed by atoms with Crippen LogP contribution in [0.3, 0.4) is 0 Å². The quantitative estimate of drug-likeness (QED) is 0.611. The standard InChI is InChI=1S/C15H14BrNOS/c1-10-5-6-11(2)12(8-10)14(18)9-19-15-13(16)4-3-7-17-15/h3-8H,9H2,1-2H3. The van der Waals surface area contributed by atoms with Crippen LogP contribution in [0.1, 0.15) is 21.5 Å². The summed E-state index contributed by atoms with van der Waals surface area (Å²) in [5.41, 5.74) is 2.94. The van der Waals surface area contributed by atoms with Crippen LogP contribution >= 0.6 is 27.7 Å². The van der Waals surface area contributed by atoms with Crippen molar-refractivity contribution in [1.82, 2.24) is 4.98 Å². The number of halogens is 1. The Labute approximate surface area is 125 Å². The second-order valence-electron chi connectivity index (χ2n) is 4.32. The maximum atomic E-state index is 12.2. The zero-order chi connectivity index (χ0) is 13.8. The van der Waals surface area contributed by atoms with Gasteiger partial charge in [0.15, 0.2) is 5.78 Å². The summed E-state index contributed by atoms with van der Waals surface area (Å²) < 4.78 is 0.925. The molecule has 1 heterocycles. The minimum Gasteiger partial charge on any atom is -0.293 e. The number of thioether (sulfide) groups is 1. The smallest absolute Gasteiger partial charge is 0.173 e. The molecule has 2 nitrogen and oxygen atoms in total. The van der Waals surface area contributed by atoms with Crippen LogP contribution in [0.4, 0.5) is 0 Å². The molecule has 0 bridgehead atoms. The molecule has 1 aromatic carbocycles. The number of rotatable bonds is 4. The molecule has 98 valence electrons. The van der Waals surface area contributed by atoms with E-state index < -0.39 is 0 Å². The van der Waals surface area contributed by atoms with E-state index in [1.54, 1.807) is 6.20 Å². The molecule has 2 rings (SSSR count). The summed E-state index contributed by atoms with van der Waals surface area (Å²) in [6, 6.07) is 9.75. The van der Waals surface area contributed by atoms with Crippen molar-refractivity contribution in [2.45, 2.75) is 18.9 Å². The number of aromatic nitrogens is 1. The highest BCUT2D eigenvalue weighted by Crippen LogP contribution is 2.25. The number of Topliss-reactive ketones (excluding diaryl/α,β-unsaturated/α-hetero) is 1. The van der Waals surface area contributed by atoms with E-state index in [-0.39, 0.29) is 5.78 Å². The normalized spacial score (nSPS) is 10.5. The van der Waals surface area contributed by atoms with Crippen LogP contribution in [-0.4, -0.2) is 16.5 Å². The second kappa shape index (κ2) is 6.35. The van der Waals surface area contributed by atoms with Crippen LogP contribution in [0.15, 0.2) is 46.0 Å². The Balaban J connectivity index is 2.10. The molecule has 0 unspecified atom stereocenters. The second-order valence-corrected chi connectivity index (χ2v) is 6.14. The lowest BCUT2D eigenvalue weighted by Crippen LogP contribution is -2.05. The minimum absolute atomic E-state index is 0.142. The molecule has 4 heteroatoms. The van der Waals surface area contributed by atoms with Crippen molar-refractivity contribution in [3.05, 3.63) is 57.7 Å². The Bertz CT molecular complexity index is 613. The van der Waals surface area contributed by atoms with Crippen LogP contribution in [0.2, 0.25) is 0 Å². The topological polar surface area (TPSA) is 30.0 Å². The number of hydrogen-bond acceptors (Lipinski definition) is 3. The van der Waals surface area contributed by atoms with Crippen molar-refractivity contribution in [2.24, 2.45) is 0 Å². The number of carbonyl (C=O) groups excluding carboxylic acids is 1. The number of hydrogen-bond donors (Lipinski definition) is 0. The molecule has 2 aromatic rings. The average Bonchev–Trinajstić information content (AvgIpc) is 2.40. The molecule has 19 heavy (non-hydrogen) atoms. The van der Waals surface area contributed by atoms with E-state index in [1.807, 2.05) is 44.2 Å². The van der Waals surface area contributed by atoms with Gasteiger partial charge in [0.2, 0.25) is 0 Å². The zero-order valence-electron chi connectivity index (χ0n) is 10.8. The van der Waals surface area contributed by atoms with Crippen LogP contribution in [0.5, 0.6) is 0 Å². The van der Waals surface area contributed by atoms with E-state index in [2.05, 4.69) is 20.9 Å².